The Morgan fingerprint density at radius 2 is 1.13 bits per heavy atom. The Morgan fingerprint density at radius 1 is 0.632 bits per heavy atom. The average Bonchev–Trinajstić information content (AvgIpc) is 2.90. The lowest BCUT2D eigenvalue weighted by atomic mass is 9.62. The van der Waals surface area contributed by atoms with Crippen molar-refractivity contribution < 1.29 is 15.3 Å². The second-order valence-corrected chi connectivity index (χ2v) is 11.7. The predicted molar refractivity (Wildman–Crippen MR) is 160 cm³/mol. The van der Waals surface area contributed by atoms with Gasteiger partial charge < -0.3 is 15.3 Å². The fourth-order valence-electron chi connectivity index (χ4n) is 6.81. The molecule has 5 heteroatoms. The van der Waals surface area contributed by atoms with Gasteiger partial charge in [-0.15, -0.1) is 0 Å². The molecule has 0 aliphatic carbocycles. The summed E-state index contributed by atoms with van der Waals surface area (Å²) >= 11 is 13.2. The van der Waals surface area contributed by atoms with Crippen LogP contribution >= 0.6 is 23.2 Å². The van der Waals surface area contributed by atoms with Gasteiger partial charge in [0.25, 0.3) is 0 Å². The van der Waals surface area contributed by atoms with Gasteiger partial charge in [-0.3, -0.25) is 0 Å². The molecule has 0 spiro atoms. The second-order valence-electron chi connectivity index (χ2n) is 10.8. The minimum Gasteiger partial charge on any atom is -0.508 e. The van der Waals surface area contributed by atoms with Crippen molar-refractivity contribution in [3.05, 3.63) is 86.4 Å². The molecule has 3 aromatic carbocycles. The van der Waals surface area contributed by atoms with E-state index in [1.54, 1.807) is 18.2 Å². The monoisotopic (exact) mass is 556 g/mol. The fourth-order valence-corrected chi connectivity index (χ4v) is 7.20. The molecule has 0 aliphatic heterocycles. The molecule has 206 valence electrons. The summed E-state index contributed by atoms with van der Waals surface area (Å²) in [6, 6.07) is 14.6. The molecule has 0 fully saturated rings. The minimum absolute atomic E-state index is 0.0796. The Balaban J connectivity index is 2.27. The number of hydrogen-bond acceptors (Lipinski definition) is 3. The zero-order valence-electron chi connectivity index (χ0n) is 23.7. The van der Waals surface area contributed by atoms with Crippen molar-refractivity contribution in [1.82, 2.24) is 0 Å². The molecular weight excluding hydrogens is 515 g/mol. The molecule has 0 aliphatic rings. The third-order valence-corrected chi connectivity index (χ3v) is 9.89. The van der Waals surface area contributed by atoms with E-state index < -0.39 is 10.8 Å². The van der Waals surface area contributed by atoms with Crippen LogP contribution in [-0.2, 0) is 10.8 Å². The zero-order chi connectivity index (χ0) is 28.4. The number of phenols is 3. The molecule has 3 aromatic rings. The number of rotatable bonds is 10. The summed E-state index contributed by atoms with van der Waals surface area (Å²) in [5.74, 6) is 0.443. The average molecular weight is 558 g/mol. The van der Waals surface area contributed by atoms with Crippen LogP contribution in [0.25, 0.3) is 0 Å². The van der Waals surface area contributed by atoms with Crippen LogP contribution in [0.4, 0.5) is 0 Å². The van der Waals surface area contributed by atoms with E-state index >= 15 is 0 Å². The van der Waals surface area contributed by atoms with Crippen molar-refractivity contribution in [3.8, 4) is 17.2 Å². The molecule has 3 rings (SSSR count). The van der Waals surface area contributed by atoms with Gasteiger partial charge in [-0.05, 0) is 92.0 Å². The summed E-state index contributed by atoms with van der Waals surface area (Å²) in [7, 11) is 0. The molecule has 0 saturated heterocycles. The number of hydrogen-bond donors (Lipinski definition) is 3. The number of aryl methyl sites for hydroxylation is 1. The van der Waals surface area contributed by atoms with E-state index in [1.807, 2.05) is 37.3 Å². The third-order valence-electron chi connectivity index (χ3n) is 9.43. The maximum Gasteiger partial charge on any atom is 0.122 e. The smallest absolute Gasteiger partial charge is 0.122 e. The van der Waals surface area contributed by atoms with Crippen LogP contribution in [-0.4, -0.2) is 15.3 Å². The molecule has 0 amide bonds. The van der Waals surface area contributed by atoms with Crippen molar-refractivity contribution in [1.29, 1.82) is 0 Å². The lowest BCUT2D eigenvalue weighted by Crippen LogP contribution is -2.33. The lowest BCUT2D eigenvalue weighted by Gasteiger charge is -2.42. The first-order valence-corrected chi connectivity index (χ1v) is 14.5. The maximum atomic E-state index is 12.0. The minimum atomic E-state index is -0.476. The second kappa shape index (κ2) is 11.8. The number of phenolic OH excluding ortho intramolecular Hbond substituents is 3. The van der Waals surface area contributed by atoms with Crippen molar-refractivity contribution in [3.63, 3.8) is 0 Å². The Morgan fingerprint density at radius 3 is 1.71 bits per heavy atom. The van der Waals surface area contributed by atoms with E-state index in [2.05, 4.69) is 41.5 Å². The normalized spacial score (nSPS) is 13.9. The van der Waals surface area contributed by atoms with Crippen molar-refractivity contribution in [2.75, 3.05) is 0 Å². The molecule has 0 saturated carbocycles. The van der Waals surface area contributed by atoms with Crippen LogP contribution in [0, 0.1) is 6.92 Å². The Labute approximate surface area is 238 Å². The summed E-state index contributed by atoms with van der Waals surface area (Å²) in [6.45, 7) is 14.7. The molecule has 0 bridgehead atoms. The van der Waals surface area contributed by atoms with E-state index in [-0.39, 0.29) is 29.1 Å². The Hall–Kier alpha value is -2.36. The van der Waals surface area contributed by atoms with Gasteiger partial charge >= 0.3 is 0 Å². The van der Waals surface area contributed by atoms with Crippen molar-refractivity contribution >= 4 is 23.2 Å². The largest absolute Gasteiger partial charge is 0.508 e. The van der Waals surface area contributed by atoms with Crippen LogP contribution < -0.4 is 0 Å². The number of halogens is 2. The highest BCUT2D eigenvalue weighted by molar-refractivity contribution is 6.31. The van der Waals surface area contributed by atoms with E-state index in [9.17, 15) is 15.3 Å². The Bertz CT molecular complexity index is 1280. The van der Waals surface area contributed by atoms with Gasteiger partial charge in [0.1, 0.15) is 17.2 Å². The molecule has 2 unspecified atom stereocenters. The van der Waals surface area contributed by atoms with E-state index in [4.69, 9.17) is 23.2 Å². The highest BCUT2D eigenvalue weighted by atomic mass is 35.5. The van der Waals surface area contributed by atoms with Crippen LogP contribution in [0.15, 0.2) is 48.5 Å². The maximum absolute atomic E-state index is 12.0. The van der Waals surface area contributed by atoms with Gasteiger partial charge in [0, 0.05) is 32.0 Å². The summed E-state index contributed by atoms with van der Waals surface area (Å²) < 4.78 is 0. The van der Waals surface area contributed by atoms with Gasteiger partial charge in [0.05, 0.1) is 0 Å². The molecular formula is C33H42Cl2O3. The molecule has 38 heavy (non-hydrogen) atoms. The Kier molecular flexibility index (Phi) is 9.37. The summed E-state index contributed by atoms with van der Waals surface area (Å²) in [5, 5.41) is 34.8. The summed E-state index contributed by atoms with van der Waals surface area (Å²) in [6.07, 6.45) is 2.98. The standard InChI is InChI=1S/C33H42Cl2O3/c1-8-32(9-2,27-18-23(34)13-15-30(27)37)22(7)26-17-24(35)19-28(31(26)38)33(10-3,11-4)21(6)25-16-20(5)12-14-29(25)36/h12-19,21-22,36-38H,8-11H2,1-7H3. The third kappa shape index (κ3) is 5.12. The highest BCUT2D eigenvalue weighted by Crippen LogP contribution is 2.55. The molecule has 0 aromatic heterocycles. The van der Waals surface area contributed by atoms with Gasteiger partial charge in [0.2, 0.25) is 0 Å². The van der Waals surface area contributed by atoms with Crippen LogP contribution in [0.2, 0.25) is 10.0 Å². The summed E-state index contributed by atoms with van der Waals surface area (Å²) in [5.41, 5.74) is 3.32. The summed E-state index contributed by atoms with van der Waals surface area (Å²) in [4.78, 5) is 0. The van der Waals surface area contributed by atoms with Crippen molar-refractivity contribution in [2.45, 2.75) is 96.8 Å². The van der Waals surface area contributed by atoms with E-state index in [1.165, 1.54) is 0 Å². The molecule has 0 radical (unpaired) electrons. The van der Waals surface area contributed by atoms with E-state index in [0.717, 1.165) is 53.5 Å². The number of benzene rings is 3. The van der Waals surface area contributed by atoms with Crippen LogP contribution in [0.5, 0.6) is 17.2 Å². The van der Waals surface area contributed by atoms with Crippen LogP contribution in [0.3, 0.4) is 0 Å². The van der Waals surface area contributed by atoms with Crippen molar-refractivity contribution in [2.24, 2.45) is 0 Å². The SMILES string of the molecule is CCC(CC)(c1cc(Cl)ccc1O)C(C)c1cc(Cl)cc(C(CC)(CC)C(C)c2cc(C)ccc2O)c1O. The number of aromatic hydroxyl groups is 3. The molecule has 2 atom stereocenters. The topological polar surface area (TPSA) is 60.7 Å². The van der Waals surface area contributed by atoms with Gasteiger partial charge in [-0.2, -0.15) is 0 Å². The quantitative estimate of drug-likeness (QED) is 0.232. The predicted octanol–water partition coefficient (Wildman–Crippen LogP) is 10.1. The van der Waals surface area contributed by atoms with Gasteiger partial charge in [-0.25, -0.2) is 0 Å². The van der Waals surface area contributed by atoms with Gasteiger partial charge in [-0.1, -0.05) is 82.4 Å². The van der Waals surface area contributed by atoms with E-state index in [0.29, 0.717) is 10.0 Å². The first kappa shape index (κ1) is 30.2. The lowest BCUT2D eigenvalue weighted by molar-refractivity contribution is 0.296. The molecule has 0 heterocycles. The molecule has 3 nitrogen and oxygen atoms in total. The molecule has 3 N–H and O–H groups in total. The first-order valence-electron chi connectivity index (χ1n) is 13.7. The highest BCUT2D eigenvalue weighted by Gasteiger charge is 2.43. The van der Waals surface area contributed by atoms with Gasteiger partial charge in [0.15, 0.2) is 0 Å². The zero-order valence-corrected chi connectivity index (χ0v) is 25.2. The fraction of sp³-hybridized carbons (Fsp3) is 0.455. The first-order chi connectivity index (χ1) is 17.9. The van der Waals surface area contributed by atoms with Crippen LogP contribution in [0.1, 0.15) is 107 Å².